The predicted octanol–water partition coefficient (Wildman–Crippen LogP) is 6.20. The minimum Gasteiger partial charge on any atom is -0.381 e. The molecule has 7 rings (SSSR count). The Bertz CT molecular complexity index is 1580. The molecule has 0 unspecified atom stereocenters. The van der Waals surface area contributed by atoms with Crippen molar-refractivity contribution in [1.29, 1.82) is 0 Å². The van der Waals surface area contributed by atoms with E-state index in [1.807, 2.05) is 24.8 Å². The minimum absolute atomic E-state index is 0.765. The first kappa shape index (κ1) is 21.5. The molecule has 0 saturated carbocycles. The molecule has 5 aromatic rings. The fourth-order valence-electron chi connectivity index (χ4n) is 5.32. The van der Waals surface area contributed by atoms with E-state index in [2.05, 4.69) is 72.3 Å². The lowest BCUT2D eigenvalue weighted by Crippen LogP contribution is -2.18. The molecule has 0 amide bonds. The lowest BCUT2D eigenvalue weighted by molar-refractivity contribution is 0.331. The summed E-state index contributed by atoms with van der Waals surface area (Å²) in [5.74, 6) is 0.871. The average Bonchev–Trinajstić information content (AvgIpc) is 3.70. The summed E-state index contributed by atoms with van der Waals surface area (Å²) in [5.41, 5.74) is 11.1. The molecular formula is C29H26N6S. The van der Waals surface area contributed by atoms with Crippen LogP contribution in [0.4, 0.5) is 5.69 Å². The quantitative estimate of drug-likeness (QED) is 0.307. The Morgan fingerprint density at radius 1 is 0.889 bits per heavy atom. The molecular weight excluding hydrogens is 464 g/mol. The van der Waals surface area contributed by atoms with Crippen molar-refractivity contribution < 1.29 is 0 Å². The van der Waals surface area contributed by atoms with Gasteiger partial charge in [-0.15, -0.1) is 0 Å². The molecule has 0 spiro atoms. The molecule has 36 heavy (non-hydrogen) atoms. The van der Waals surface area contributed by atoms with Crippen LogP contribution < -0.4 is 5.32 Å². The van der Waals surface area contributed by atoms with Gasteiger partial charge in [0.05, 0.1) is 17.2 Å². The van der Waals surface area contributed by atoms with Gasteiger partial charge in [0, 0.05) is 59.6 Å². The molecule has 0 atom stereocenters. The number of rotatable bonds is 5. The van der Waals surface area contributed by atoms with Crippen molar-refractivity contribution in [1.82, 2.24) is 24.8 Å². The summed E-state index contributed by atoms with van der Waals surface area (Å²) in [6.07, 6.45) is 12.5. The zero-order chi connectivity index (χ0) is 23.9. The number of likely N-dealkylation sites (tertiary alicyclic amines) is 1. The minimum atomic E-state index is 0.765. The van der Waals surface area contributed by atoms with Crippen LogP contribution in [0.25, 0.3) is 38.9 Å². The number of fused-ring (bicyclic) bond motifs is 2. The number of benzene rings is 1. The van der Waals surface area contributed by atoms with Crippen LogP contribution in [0.15, 0.2) is 72.0 Å². The summed E-state index contributed by atoms with van der Waals surface area (Å²) in [6.45, 7) is 4.10. The molecule has 4 aromatic heterocycles. The lowest BCUT2D eigenvalue weighted by Gasteiger charge is -2.20. The number of anilines is 1. The van der Waals surface area contributed by atoms with Crippen molar-refractivity contribution in [3.8, 4) is 22.3 Å². The van der Waals surface area contributed by atoms with Crippen LogP contribution in [0.2, 0.25) is 0 Å². The van der Waals surface area contributed by atoms with Gasteiger partial charge in [0.15, 0.2) is 0 Å². The number of imidazole rings is 1. The molecule has 0 bridgehead atoms. The van der Waals surface area contributed by atoms with Gasteiger partial charge in [0.2, 0.25) is 0 Å². The zero-order valence-corrected chi connectivity index (χ0v) is 20.7. The third-order valence-electron chi connectivity index (χ3n) is 7.12. The Kier molecular flexibility index (Phi) is 5.37. The molecule has 2 N–H and O–H groups in total. The number of hydrogen-bond acceptors (Lipinski definition) is 6. The third kappa shape index (κ3) is 3.90. The highest BCUT2D eigenvalue weighted by Crippen LogP contribution is 2.36. The number of nitrogens with one attached hydrogen (secondary N) is 2. The van der Waals surface area contributed by atoms with E-state index >= 15 is 0 Å². The summed E-state index contributed by atoms with van der Waals surface area (Å²) in [6, 6.07) is 11.0. The van der Waals surface area contributed by atoms with Gasteiger partial charge in [-0.25, -0.2) is 4.98 Å². The molecule has 2 aliphatic rings. The van der Waals surface area contributed by atoms with Gasteiger partial charge < -0.3 is 10.3 Å². The van der Waals surface area contributed by atoms with Gasteiger partial charge in [-0.1, -0.05) is 12.1 Å². The fraction of sp³-hybridized carbons (Fsp3) is 0.207. The highest BCUT2D eigenvalue weighted by atomic mass is 32.1. The van der Waals surface area contributed by atoms with Crippen molar-refractivity contribution >= 4 is 33.6 Å². The summed E-state index contributed by atoms with van der Waals surface area (Å²) < 4.78 is 0. The Labute approximate surface area is 213 Å². The van der Waals surface area contributed by atoms with E-state index in [0.717, 1.165) is 69.0 Å². The van der Waals surface area contributed by atoms with E-state index in [9.17, 15) is 0 Å². The smallest absolute Gasteiger partial charge is 0.138 e. The lowest BCUT2D eigenvalue weighted by atomic mass is 9.95. The van der Waals surface area contributed by atoms with Crippen LogP contribution >= 0.6 is 11.3 Å². The molecule has 1 aromatic carbocycles. The van der Waals surface area contributed by atoms with Crippen LogP contribution in [-0.2, 0) is 6.54 Å². The van der Waals surface area contributed by atoms with Gasteiger partial charge in [0.1, 0.15) is 5.82 Å². The van der Waals surface area contributed by atoms with E-state index in [1.165, 1.54) is 31.5 Å². The van der Waals surface area contributed by atoms with Crippen LogP contribution in [-0.4, -0.2) is 44.5 Å². The SMILES string of the molecule is C1=C(c2nc3c(-c4ccsc4)cncc3[nH]2)c2cc(-c3cncc(CN4CCCC4)c3)ccc2NC1. The van der Waals surface area contributed by atoms with Crippen LogP contribution in [0.3, 0.4) is 0 Å². The first-order chi connectivity index (χ1) is 17.8. The molecule has 6 heterocycles. The van der Waals surface area contributed by atoms with Crippen molar-refractivity contribution in [3.05, 3.63) is 88.9 Å². The van der Waals surface area contributed by atoms with E-state index in [0.29, 0.717) is 0 Å². The first-order valence-electron chi connectivity index (χ1n) is 12.4. The standard InChI is InChI=1S/C29H26N6S/c1-2-9-35(8-1)17-19-11-22(14-30-13-19)20-3-4-26-24(12-20)23(5-7-32-26)29-33-27-16-31-15-25(28(27)34-29)21-6-10-36-18-21/h3-6,10-16,18,32H,1-2,7-9,17H2,(H,33,34). The molecule has 7 heteroatoms. The van der Waals surface area contributed by atoms with E-state index in [1.54, 1.807) is 11.3 Å². The first-order valence-corrected chi connectivity index (χ1v) is 13.4. The van der Waals surface area contributed by atoms with Gasteiger partial charge in [-0.3, -0.25) is 14.9 Å². The second kappa shape index (κ2) is 9.00. The number of pyridine rings is 2. The van der Waals surface area contributed by atoms with Crippen molar-refractivity contribution in [2.24, 2.45) is 0 Å². The molecule has 1 saturated heterocycles. The Morgan fingerprint density at radius 2 is 1.81 bits per heavy atom. The average molecular weight is 491 g/mol. The van der Waals surface area contributed by atoms with Gasteiger partial charge in [-0.05, 0) is 77.6 Å². The van der Waals surface area contributed by atoms with Crippen molar-refractivity contribution in [3.63, 3.8) is 0 Å². The Hall–Kier alpha value is -3.81. The van der Waals surface area contributed by atoms with Crippen LogP contribution in [0.1, 0.15) is 29.8 Å². The monoisotopic (exact) mass is 490 g/mol. The highest BCUT2D eigenvalue weighted by Gasteiger charge is 2.20. The number of nitrogens with zero attached hydrogens (tertiary/aromatic N) is 4. The summed E-state index contributed by atoms with van der Waals surface area (Å²) in [4.78, 5) is 20.1. The fourth-order valence-corrected chi connectivity index (χ4v) is 5.97. The maximum absolute atomic E-state index is 5.06. The Balaban J connectivity index is 1.26. The predicted molar refractivity (Wildman–Crippen MR) is 147 cm³/mol. The van der Waals surface area contributed by atoms with E-state index in [-0.39, 0.29) is 0 Å². The normalized spacial score (nSPS) is 15.6. The second-order valence-corrected chi connectivity index (χ2v) is 10.3. The maximum atomic E-state index is 5.06. The highest BCUT2D eigenvalue weighted by molar-refractivity contribution is 7.08. The number of thiophene rings is 1. The van der Waals surface area contributed by atoms with Crippen LogP contribution in [0, 0.1) is 0 Å². The van der Waals surface area contributed by atoms with Gasteiger partial charge in [-0.2, -0.15) is 11.3 Å². The number of H-pyrrole nitrogens is 1. The molecule has 0 radical (unpaired) electrons. The molecule has 178 valence electrons. The van der Waals surface area contributed by atoms with Crippen molar-refractivity contribution in [2.75, 3.05) is 25.0 Å². The number of hydrogen-bond donors (Lipinski definition) is 2. The number of aromatic amines is 1. The molecule has 1 fully saturated rings. The van der Waals surface area contributed by atoms with Crippen LogP contribution in [0.5, 0.6) is 0 Å². The molecule has 6 nitrogen and oxygen atoms in total. The summed E-state index contributed by atoms with van der Waals surface area (Å²) in [5, 5.41) is 7.74. The van der Waals surface area contributed by atoms with E-state index < -0.39 is 0 Å². The summed E-state index contributed by atoms with van der Waals surface area (Å²) in [7, 11) is 0. The third-order valence-corrected chi connectivity index (χ3v) is 7.81. The summed E-state index contributed by atoms with van der Waals surface area (Å²) >= 11 is 1.68. The zero-order valence-electron chi connectivity index (χ0n) is 19.9. The van der Waals surface area contributed by atoms with E-state index in [4.69, 9.17) is 4.98 Å². The topological polar surface area (TPSA) is 69.7 Å². The van der Waals surface area contributed by atoms with Gasteiger partial charge in [0.25, 0.3) is 0 Å². The Morgan fingerprint density at radius 3 is 2.69 bits per heavy atom. The second-order valence-electron chi connectivity index (χ2n) is 9.50. The molecule has 2 aliphatic heterocycles. The van der Waals surface area contributed by atoms with Crippen molar-refractivity contribution in [2.45, 2.75) is 19.4 Å². The van der Waals surface area contributed by atoms with Gasteiger partial charge >= 0.3 is 0 Å². The maximum Gasteiger partial charge on any atom is 0.138 e. The number of aromatic nitrogens is 4. The molecule has 0 aliphatic carbocycles. The largest absolute Gasteiger partial charge is 0.381 e.